The second kappa shape index (κ2) is 8.22. The van der Waals surface area contributed by atoms with Gasteiger partial charge in [0, 0.05) is 24.6 Å². The molecule has 0 unspecified atom stereocenters. The van der Waals surface area contributed by atoms with Crippen molar-refractivity contribution < 1.29 is 9.53 Å². The maximum atomic E-state index is 12.3. The molecule has 0 atom stereocenters. The normalized spacial score (nSPS) is 15.0. The summed E-state index contributed by atoms with van der Waals surface area (Å²) in [6.07, 6.45) is 0. The van der Waals surface area contributed by atoms with Gasteiger partial charge in [0.1, 0.15) is 5.75 Å². The average Bonchev–Trinajstić information content (AvgIpc) is 2.59. The van der Waals surface area contributed by atoms with E-state index in [2.05, 4.69) is 10.2 Å². The molecular weight excluding hydrogens is 320 g/mol. The zero-order valence-electron chi connectivity index (χ0n) is 13.8. The van der Waals surface area contributed by atoms with Crippen LogP contribution in [0.15, 0.2) is 48.5 Å². The number of ether oxygens (including phenoxy) is 1. The topological polar surface area (TPSA) is 41.6 Å². The molecule has 0 radical (unpaired) electrons. The molecule has 24 heavy (non-hydrogen) atoms. The van der Waals surface area contributed by atoms with Gasteiger partial charge < -0.3 is 10.1 Å². The highest BCUT2D eigenvalue weighted by molar-refractivity contribution is 7.99. The number of hydrogen-bond acceptors (Lipinski definition) is 4. The van der Waals surface area contributed by atoms with Gasteiger partial charge in [0.25, 0.3) is 0 Å². The quantitative estimate of drug-likeness (QED) is 0.898. The number of hydrogen-bond donors (Lipinski definition) is 1. The summed E-state index contributed by atoms with van der Waals surface area (Å²) in [7, 11) is 0. The van der Waals surface area contributed by atoms with Crippen LogP contribution >= 0.6 is 11.8 Å². The molecule has 0 saturated carbocycles. The van der Waals surface area contributed by atoms with Crippen LogP contribution in [0.2, 0.25) is 0 Å². The lowest BCUT2D eigenvalue weighted by atomic mass is 10.2. The molecular formula is C19H22N2O2S. The molecule has 0 bridgehead atoms. The molecule has 1 heterocycles. The van der Waals surface area contributed by atoms with Crippen molar-refractivity contribution in [2.24, 2.45) is 0 Å². The van der Waals surface area contributed by atoms with E-state index in [1.807, 2.05) is 67.2 Å². The molecule has 126 valence electrons. The van der Waals surface area contributed by atoms with Crippen molar-refractivity contribution >= 4 is 23.4 Å². The number of nitrogens with one attached hydrogen (secondary N) is 1. The fourth-order valence-electron chi connectivity index (χ4n) is 2.54. The lowest BCUT2D eigenvalue weighted by Crippen LogP contribution is -2.38. The van der Waals surface area contributed by atoms with Crippen LogP contribution in [0.5, 0.6) is 11.5 Å². The highest BCUT2D eigenvalue weighted by Gasteiger charge is 2.15. The second-order valence-electron chi connectivity index (χ2n) is 5.85. The minimum atomic E-state index is 0.00172. The molecule has 1 fully saturated rings. The molecule has 1 aliphatic rings. The van der Waals surface area contributed by atoms with Gasteiger partial charge in [-0.3, -0.25) is 9.69 Å². The van der Waals surface area contributed by atoms with Crippen molar-refractivity contribution in [2.45, 2.75) is 6.92 Å². The van der Waals surface area contributed by atoms with Gasteiger partial charge in [0.2, 0.25) is 5.91 Å². The Morgan fingerprint density at radius 3 is 2.58 bits per heavy atom. The largest absolute Gasteiger partial charge is 0.455 e. The van der Waals surface area contributed by atoms with E-state index in [0.717, 1.165) is 30.3 Å². The maximum Gasteiger partial charge on any atom is 0.238 e. The standard InChI is InChI=1S/C19H22N2O2S/c1-15-6-8-16(9-7-15)23-18-5-3-2-4-17(18)20-19(22)14-21-10-12-24-13-11-21/h2-9H,10-14H2,1H3,(H,20,22). The molecule has 1 aliphatic heterocycles. The summed E-state index contributed by atoms with van der Waals surface area (Å²) in [5.41, 5.74) is 1.89. The lowest BCUT2D eigenvalue weighted by molar-refractivity contribution is -0.117. The van der Waals surface area contributed by atoms with Crippen LogP contribution in [0.4, 0.5) is 5.69 Å². The molecule has 1 saturated heterocycles. The molecule has 1 amide bonds. The fraction of sp³-hybridized carbons (Fsp3) is 0.316. The molecule has 2 aromatic carbocycles. The van der Waals surface area contributed by atoms with Crippen LogP contribution < -0.4 is 10.1 Å². The SMILES string of the molecule is Cc1ccc(Oc2ccccc2NC(=O)CN2CCSCC2)cc1. The summed E-state index contributed by atoms with van der Waals surface area (Å²) >= 11 is 1.94. The zero-order valence-corrected chi connectivity index (χ0v) is 14.6. The summed E-state index contributed by atoms with van der Waals surface area (Å²) in [4.78, 5) is 14.5. The van der Waals surface area contributed by atoms with Gasteiger partial charge in [-0.2, -0.15) is 11.8 Å². The highest BCUT2D eigenvalue weighted by Crippen LogP contribution is 2.29. The van der Waals surface area contributed by atoms with E-state index in [9.17, 15) is 4.79 Å². The van der Waals surface area contributed by atoms with Gasteiger partial charge in [-0.05, 0) is 31.2 Å². The molecule has 0 spiro atoms. The first-order chi connectivity index (χ1) is 11.7. The molecule has 1 N–H and O–H groups in total. The Morgan fingerprint density at radius 1 is 1.12 bits per heavy atom. The van der Waals surface area contributed by atoms with Crippen LogP contribution in [-0.4, -0.2) is 41.9 Å². The lowest BCUT2D eigenvalue weighted by Gasteiger charge is -2.25. The summed E-state index contributed by atoms with van der Waals surface area (Å²) in [5.74, 6) is 3.61. The second-order valence-corrected chi connectivity index (χ2v) is 7.07. The summed E-state index contributed by atoms with van der Waals surface area (Å²) < 4.78 is 5.92. The first kappa shape index (κ1) is 16.9. The van der Waals surface area contributed by atoms with Gasteiger partial charge in [0.15, 0.2) is 5.75 Å². The van der Waals surface area contributed by atoms with Crippen LogP contribution in [0, 0.1) is 6.92 Å². The number of aryl methyl sites for hydroxylation is 1. The Kier molecular flexibility index (Phi) is 5.77. The van der Waals surface area contributed by atoms with Gasteiger partial charge in [-0.1, -0.05) is 29.8 Å². The first-order valence-corrected chi connectivity index (χ1v) is 9.30. The van der Waals surface area contributed by atoms with E-state index in [1.165, 1.54) is 5.56 Å². The van der Waals surface area contributed by atoms with Crippen molar-refractivity contribution in [3.05, 3.63) is 54.1 Å². The van der Waals surface area contributed by atoms with Crippen molar-refractivity contribution in [1.82, 2.24) is 4.90 Å². The minimum Gasteiger partial charge on any atom is -0.455 e. The van der Waals surface area contributed by atoms with Gasteiger partial charge in [-0.15, -0.1) is 0 Å². The third-order valence-electron chi connectivity index (χ3n) is 3.88. The van der Waals surface area contributed by atoms with Crippen LogP contribution in [0.25, 0.3) is 0 Å². The number of carbonyl (C=O) groups is 1. The third-order valence-corrected chi connectivity index (χ3v) is 4.82. The molecule has 5 heteroatoms. The number of rotatable bonds is 5. The predicted octanol–water partition coefficient (Wildman–Crippen LogP) is 3.77. The third kappa shape index (κ3) is 4.76. The maximum absolute atomic E-state index is 12.3. The van der Waals surface area contributed by atoms with Crippen molar-refractivity contribution in [2.75, 3.05) is 36.5 Å². The zero-order chi connectivity index (χ0) is 16.8. The molecule has 0 aromatic heterocycles. The van der Waals surface area contributed by atoms with Crippen LogP contribution in [0.3, 0.4) is 0 Å². The summed E-state index contributed by atoms with van der Waals surface area (Å²) in [6, 6.07) is 15.4. The number of amides is 1. The highest BCUT2D eigenvalue weighted by atomic mass is 32.2. The number of benzene rings is 2. The van der Waals surface area contributed by atoms with Gasteiger partial charge in [0.05, 0.1) is 12.2 Å². The molecule has 3 rings (SSSR count). The number of para-hydroxylation sites is 2. The number of carbonyl (C=O) groups excluding carboxylic acids is 1. The molecule has 4 nitrogen and oxygen atoms in total. The van der Waals surface area contributed by atoms with Crippen LogP contribution in [0.1, 0.15) is 5.56 Å². The molecule has 2 aromatic rings. The van der Waals surface area contributed by atoms with Gasteiger partial charge in [-0.25, -0.2) is 0 Å². The number of nitrogens with zero attached hydrogens (tertiary/aromatic N) is 1. The smallest absolute Gasteiger partial charge is 0.238 e. The van der Waals surface area contributed by atoms with E-state index >= 15 is 0 Å². The van der Waals surface area contributed by atoms with Crippen molar-refractivity contribution in [3.63, 3.8) is 0 Å². The van der Waals surface area contributed by atoms with Crippen LogP contribution in [-0.2, 0) is 4.79 Å². The average molecular weight is 342 g/mol. The van der Waals surface area contributed by atoms with E-state index in [1.54, 1.807) is 0 Å². The van der Waals surface area contributed by atoms with E-state index in [-0.39, 0.29) is 5.91 Å². The van der Waals surface area contributed by atoms with E-state index in [0.29, 0.717) is 18.0 Å². The van der Waals surface area contributed by atoms with Crippen molar-refractivity contribution in [1.29, 1.82) is 0 Å². The van der Waals surface area contributed by atoms with E-state index < -0.39 is 0 Å². The Bertz CT molecular complexity index is 682. The van der Waals surface area contributed by atoms with Crippen molar-refractivity contribution in [3.8, 4) is 11.5 Å². The van der Waals surface area contributed by atoms with E-state index in [4.69, 9.17) is 4.74 Å². The Hall–Kier alpha value is -1.98. The Morgan fingerprint density at radius 2 is 1.83 bits per heavy atom. The number of anilines is 1. The van der Waals surface area contributed by atoms with Gasteiger partial charge >= 0.3 is 0 Å². The Labute approximate surface area is 147 Å². The Balaban J connectivity index is 1.64. The molecule has 0 aliphatic carbocycles. The summed E-state index contributed by atoms with van der Waals surface area (Å²) in [5, 5.41) is 2.98. The monoisotopic (exact) mass is 342 g/mol. The number of thioether (sulfide) groups is 1. The first-order valence-electron chi connectivity index (χ1n) is 8.14. The summed E-state index contributed by atoms with van der Waals surface area (Å²) in [6.45, 7) is 4.41. The predicted molar refractivity (Wildman–Crippen MR) is 100 cm³/mol. The minimum absolute atomic E-state index is 0.00172. The fourth-order valence-corrected chi connectivity index (χ4v) is 3.52.